The SMILES string of the molecule is COC(=O)C[C@H](C#N)c1cccc2ccccc12. The summed E-state index contributed by atoms with van der Waals surface area (Å²) in [6.07, 6.45) is 0.0843. The molecule has 0 saturated heterocycles. The summed E-state index contributed by atoms with van der Waals surface area (Å²) in [5.41, 5.74) is 0.876. The van der Waals surface area contributed by atoms with Crippen molar-refractivity contribution in [3.63, 3.8) is 0 Å². The highest BCUT2D eigenvalue weighted by Crippen LogP contribution is 2.27. The van der Waals surface area contributed by atoms with Crippen molar-refractivity contribution < 1.29 is 9.53 Å². The zero-order valence-corrected chi connectivity index (χ0v) is 10.1. The van der Waals surface area contributed by atoms with Gasteiger partial charge in [0.25, 0.3) is 0 Å². The molecule has 0 aromatic heterocycles. The maximum Gasteiger partial charge on any atom is 0.307 e. The van der Waals surface area contributed by atoms with Gasteiger partial charge in [-0.05, 0) is 16.3 Å². The number of benzene rings is 2. The van der Waals surface area contributed by atoms with Gasteiger partial charge >= 0.3 is 5.97 Å². The molecule has 0 amide bonds. The molecule has 0 unspecified atom stereocenters. The lowest BCUT2D eigenvalue weighted by Crippen LogP contribution is -2.07. The zero-order valence-electron chi connectivity index (χ0n) is 10.1. The number of rotatable bonds is 3. The number of ether oxygens (including phenoxy) is 1. The molecule has 0 fully saturated rings. The van der Waals surface area contributed by atoms with Crippen LogP contribution in [0.2, 0.25) is 0 Å². The quantitative estimate of drug-likeness (QED) is 0.773. The van der Waals surface area contributed by atoms with Gasteiger partial charge in [0, 0.05) is 0 Å². The highest BCUT2D eigenvalue weighted by Gasteiger charge is 2.17. The first-order valence-corrected chi connectivity index (χ1v) is 5.70. The van der Waals surface area contributed by atoms with Crippen LogP contribution in [0.1, 0.15) is 17.9 Å². The van der Waals surface area contributed by atoms with Gasteiger partial charge in [-0.1, -0.05) is 42.5 Å². The molecule has 2 aromatic carbocycles. The molecule has 90 valence electrons. The van der Waals surface area contributed by atoms with E-state index in [1.807, 2.05) is 42.5 Å². The largest absolute Gasteiger partial charge is 0.469 e. The zero-order chi connectivity index (χ0) is 13.0. The number of hydrogen-bond acceptors (Lipinski definition) is 3. The van der Waals surface area contributed by atoms with Crippen LogP contribution in [0.15, 0.2) is 42.5 Å². The summed E-state index contributed by atoms with van der Waals surface area (Å²) in [6.45, 7) is 0. The second-order valence-corrected chi connectivity index (χ2v) is 4.03. The van der Waals surface area contributed by atoms with Crippen molar-refractivity contribution >= 4 is 16.7 Å². The Hall–Kier alpha value is -2.34. The topological polar surface area (TPSA) is 50.1 Å². The van der Waals surface area contributed by atoms with E-state index < -0.39 is 5.92 Å². The van der Waals surface area contributed by atoms with E-state index in [1.165, 1.54) is 7.11 Å². The number of carbonyl (C=O) groups is 1. The molecule has 3 heteroatoms. The Balaban J connectivity index is 2.46. The van der Waals surface area contributed by atoms with E-state index >= 15 is 0 Å². The predicted octanol–water partition coefficient (Wildman–Crippen LogP) is 3.01. The van der Waals surface area contributed by atoms with E-state index in [4.69, 9.17) is 0 Å². The third-order valence-corrected chi connectivity index (χ3v) is 2.95. The molecule has 2 rings (SSSR count). The molecule has 0 radical (unpaired) electrons. The van der Waals surface area contributed by atoms with Crippen LogP contribution in [0, 0.1) is 11.3 Å². The van der Waals surface area contributed by atoms with Gasteiger partial charge in [0.2, 0.25) is 0 Å². The summed E-state index contributed by atoms with van der Waals surface area (Å²) < 4.78 is 4.63. The molecule has 0 saturated carbocycles. The Bertz CT molecular complexity index is 608. The van der Waals surface area contributed by atoms with E-state index in [0.717, 1.165) is 16.3 Å². The van der Waals surface area contributed by atoms with E-state index in [-0.39, 0.29) is 12.4 Å². The summed E-state index contributed by atoms with van der Waals surface area (Å²) >= 11 is 0. The number of carbonyl (C=O) groups excluding carboxylic acids is 1. The highest BCUT2D eigenvalue weighted by atomic mass is 16.5. The van der Waals surface area contributed by atoms with Crippen LogP contribution in [0.25, 0.3) is 10.8 Å². The van der Waals surface area contributed by atoms with Gasteiger partial charge in [-0.2, -0.15) is 5.26 Å². The van der Waals surface area contributed by atoms with Crippen molar-refractivity contribution in [3.8, 4) is 6.07 Å². The van der Waals surface area contributed by atoms with Crippen molar-refractivity contribution in [3.05, 3.63) is 48.0 Å². The van der Waals surface area contributed by atoms with Crippen LogP contribution in [0.5, 0.6) is 0 Å². The summed E-state index contributed by atoms with van der Waals surface area (Å²) in [4.78, 5) is 11.3. The fourth-order valence-electron chi connectivity index (χ4n) is 2.03. The number of esters is 1. The number of nitriles is 1. The second-order valence-electron chi connectivity index (χ2n) is 4.03. The maximum atomic E-state index is 11.3. The van der Waals surface area contributed by atoms with Crippen LogP contribution < -0.4 is 0 Å². The molecule has 3 nitrogen and oxygen atoms in total. The van der Waals surface area contributed by atoms with Gasteiger partial charge in [-0.3, -0.25) is 4.79 Å². The predicted molar refractivity (Wildman–Crippen MR) is 68.9 cm³/mol. The fourth-order valence-corrected chi connectivity index (χ4v) is 2.03. The molecule has 0 N–H and O–H groups in total. The maximum absolute atomic E-state index is 11.3. The first-order chi connectivity index (χ1) is 8.76. The molecule has 0 aliphatic carbocycles. The van der Waals surface area contributed by atoms with Gasteiger partial charge in [0.1, 0.15) is 0 Å². The lowest BCUT2D eigenvalue weighted by molar-refractivity contribution is -0.140. The monoisotopic (exact) mass is 239 g/mol. The van der Waals surface area contributed by atoms with E-state index in [0.29, 0.717) is 0 Å². The first-order valence-electron chi connectivity index (χ1n) is 5.70. The van der Waals surface area contributed by atoms with Crippen molar-refractivity contribution in [2.75, 3.05) is 7.11 Å². The van der Waals surface area contributed by atoms with Gasteiger partial charge < -0.3 is 4.74 Å². The average Bonchev–Trinajstić information content (AvgIpc) is 2.44. The van der Waals surface area contributed by atoms with E-state index in [9.17, 15) is 10.1 Å². The average molecular weight is 239 g/mol. The summed E-state index contributed by atoms with van der Waals surface area (Å²) in [7, 11) is 1.33. The Morgan fingerprint density at radius 2 is 2.00 bits per heavy atom. The van der Waals surface area contributed by atoms with Crippen LogP contribution in [-0.2, 0) is 9.53 Å². The molecular weight excluding hydrogens is 226 g/mol. The number of hydrogen-bond donors (Lipinski definition) is 0. The molecule has 0 aliphatic heterocycles. The van der Waals surface area contributed by atoms with Crippen LogP contribution >= 0.6 is 0 Å². The summed E-state index contributed by atoms with van der Waals surface area (Å²) in [6, 6.07) is 15.8. The molecule has 0 aliphatic rings. The van der Waals surface area contributed by atoms with Crippen LogP contribution in [-0.4, -0.2) is 13.1 Å². The molecule has 1 atom stereocenters. The third kappa shape index (κ3) is 2.33. The minimum atomic E-state index is -0.469. The van der Waals surface area contributed by atoms with Crippen molar-refractivity contribution in [1.82, 2.24) is 0 Å². The second kappa shape index (κ2) is 5.33. The minimum absolute atomic E-state index is 0.0843. The van der Waals surface area contributed by atoms with Crippen molar-refractivity contribution in [2.45, 2.75) is 12.3 Å². The molecule has 18 heavy (non-hydrogen) atoms. The fraction of sp³-hybridized carbons (Fsp3) is 0.200. The van der Waals surface area contributed by atoms with Crippen molar-refractivity contribution in [1.29, 1.82) is 5.26 Å². The number of nitrogens with zero attached hydrogens (tertiary/aromatic N) is 1. The smallest absolute Gasteiger partial charge is 0.307 e. The standard InChI is InChI=1S/C15H13NO2/c1-18-15(17)9-12(10-16)14-8-4-6-11-5-2-3-7-13(11)14/h2-8,12H,9H2,1H3/t12-/m1/s1. The van der Waals surface area contributed by atoms with Crippen LogP contribution in [0.4, 0.5) is 0 Å². The summed E-state index contributed by atoms with van der Waals surface area (Å²) in [5, 5.41) is 11.3. The normalized spacial score (nSPS) is 11.8. The molecule has 0 bridgehead atoms. The minimum Gasteiger partial charge on any atom is -0.469 e. The van der Waals surface area contributed by atoms with Crippen LogP contribution in [0.3, 0.4) is 0 Å². The molecule has 0 spiro atoms. The molecular formula is C15H13NO2. The summed E-state index contributed by atoms with van der Waals surface area (Å²) in [5.74, 6) is -0.835. The third-order valence-electron chi connectivity index (χ3n) is 2.95. The van der Waals surface area contributed by atoms with Gasteiger partial charge in [0.15, 0.2) is 0 Å². The van der Waals surface area contributed by atoms with Gasteiger partial charge in [0.05, 0.1) is 25.5 Å². The van der Waals surface area contributed by atoms with Gasteiger partial charge in [-0.25, -0.2) is 0 Å². The van der Waals surface area contributed by atoms with E-state index in [1.54, 1.807) is 0 Å². The van der Waals surface area contributed by atoms with Gasteiger partial charge in [-0.15, -0.1) is 0 Å². The molecule has 2 aromatic rings. The molecule has 0 heterocycles. The lowest BCUT2D eigenvalue weighted by Gasteiger charge is -2.11. The highest BCUT2D eigenvalue weighted by molar-refractivity contribution is 5.87. The van der Waals surface area contributed by atoms with Crippen molar-refractivity contribution in [2.24, 2.45) is 0 Å². The Morgan fingerprint density at radius 1 is 1.28 bits per heavy atom. The number of fused-ring (bicyclic) bond motifs is 1. The van der Waals surface area contributed by atoms with E-state index in [2.05, 4.69) is 10.8 Å². The first kappa shape index (κ1) is 12.1. The Labute approximate surface area is 106 Å². The Morgan fingerprint density at radius 3 is 2.72 bits per heavy atom. The Kier molecular flexibility index (Phi) is 3.59. The lowest BCUT2D eigenvalue weighted by atomic mass is 9.92. The number of methoxy groups -OCH3 is 1.